The van der Waals surface area contributed by atoms with Gasteiger partial charge in [-0.1, -0.05) is 30.3 Å². The van der Waals surface area contributed by atoms with Crippen molar-refractivity contribution in [3.63, 3.8) is 0 Å². The van der Waals surface area contributed by atoms with Gasteiger partial charge in [-0.3, -0.25) is 4.79 Å². The molecule has 1 aliphatic rings. The van der Waals surface area contributed by atoms with Crippen molar-refractivity contribution in [3.8, 4) is 22.8 Å². The highest BCUT2D eigenvalue weighted by atomic mass is 16.7. The topological polar surface area (TPSA) is 150 Å². The molecule has 1 saturated heterocycles. The Balaban J connectivity index is 1.75. The third-order valence-electron chi connectivity index (χ3n) is 4.93. The molecule has 3 aromatic rings. The number of rotatable bonds is 4. The number of fused-ring (bicyclic) bond motifs is 1. The predicted molar refractivity (Wildman–Crippen MR) is 104 cm³/mol. The van der Waals surface area contributed by atoms with E-state index < -0.39 is 42.7 Å². The van der Waals surface area contributed by atoms with E-state index >= 15 is 0 Å². The Morgan fingerprint density at radius 3 is 2.40 bits per heavy atom. The molecule has 0 amide bonds. The van der Waals surface area contributed by atoms with Gasteiger partial charge in [-0.05, 0) is 0 Å². The van der Waals surface area contributed by atoms with Gasteiger partial charge in [-0.2, -0.15) is 0 Å². The normalized spacial score (nSPS) is 26.6. The monoisotopic (exact) mass is 416 g/mol. The Morgan fingerprint density at radius 1 is 0.967 bits per heavy atom. The van der Waals surface area contributed by atoms with E-state index in [2.05, 4.69) is 0 Å². The fourth-order valence-electron chi connectivity index (χ4n) is 3.37. The van der Waals surface area contributed by atoms with Crippen molar-refractivity contribution in [2.45, 2.75) is 30.7 Å². The summed E-state index contributed by atoms with van der Waals surface area (Å²) in [6.07, 6.45) is -7.57. The van der Waals surface area contributed by atoms with Crippen LogP contribution >= 0.6 is 0 Å². The van der Waals surface area contributed by atoms with E-state index in [9.17, 15) is 30.3 Å². The average Bonchev–Trinajstić information content (AvgIpc) is 2.74. The molecule has 5 N–H and O–H groups in total. The lowest BCUT2D eigenvalue weighted by atomic mass is 9.99. The summed E-state index contributed by atoms with van der Waals surface area (Å²) < 4.78 is 16.6. The standard InChI is InChI=1S/C21H20O9/c22-9-16-18(25)19(26)20(27)21(30-16)29-15-7-11(23)6-14-17(15)12(24)8-13(28-14)10-4-2-1-3-5-10/h1-8,16,18-23,25-27H,9H2/t16?,18-,19+,20?,21-/m1/s1. The third kappa shape index (κ3) is 3.64. The summed E-state index contributed by atoms with van der Waals surface area (Å²) in [5.41, 5.74) is 0.242. The molecule has 0 spiro atoms. The Labute approximate surface area is 170 Å². The van der Waals surface area contributed by atoms with Gasteiger partial charge in [-0.15, -0.1) is 0 Å². The lowest BCUT2D eigenvalue weighted by Gasteiger charge is -2.39. The zero-order valence-corrected chi connectivity index (χ0v) is 15.6. The van der Waals surface area contributed by atoms with Crippen LogP contribution in [0.5, 0.6) is 11.5 Å². The van der Waals surface area contributed by atoms with E-state index in [0.717, 1.165) is 6.07 Å². The van der Waals surface area contributed by atoms with Crippen LogP contribution in [0.1, 0.15) is 0 Å². The van der Waals surface area contributed by atoms with Crippen molar-refractivity contribution >= 4 is 11.0 Å². The molecule has 9 heteroatoms. The summed E-state index contributed by atoms with van der Waals surface area (Å²) in [5.74, 6) is -0.129. The molecule has 2 aromatic carbocycles. The van der Waals surface area contributed by atoms with Gasteiger partial charge >= 0.3 is 0 Å². The highest BCUT2D eigenvalue weighted by molar-refractivity contribution is 5.86. The molecule has 0 aliphatic carbocycles. The van der Waals surface area contributed by atoms with Gasteiger partial charge in [0.05, 0.1) is 6.61 Å². The molecule has 9 nitrogen and oxygen atoms in total. The van der Waals surface area contributed by atoms with Crippen LogP contribution in [0, 0.1) is 0 Å². The number of ether oxygens (including phenoxy) is 2. The van der Waals surface area contributed by atoms with Gasteiger partial charge in [0.15, 0.2) is 5.43 Å². The molecule has 158 valence electrons. The lowest BCUT2D eigenvalue weighted by molar-refractivity contribution is -0.277. The van der Waals surface area contributed by atoms with Crippen molar-refractivity contribution in [2.75, 3.05) is 6.61 Å². The minimum atomic E-state index is -1.67. The second-order valence-electron chi connectivity index (χ2n) is 6.97. The highest BCUT2D eigenvalue weighted by Gasteiger charge is 2.45. The molecule has 5 atom stereocenters. The quantitative estimate of drug-likeness (QED) is 0.406. The smallest absolute Gasteiger partial charge is 0.229 e. The van der Waals surface area contributed by atoms with Gasteiger partial charge < -0.3 is 39.4 Å². The number of hydrogen-bond acceptors (Lipinski definition) is 9. The summed E-state index contributed by atoms with van der Waals surface area (Å²) in [6.45, 7) is -0.631. The molecule has 30 heavy (non-hydrogen) atoms. The van der Waals surface area contributed by atoms with Gasteiger partial charge in [0.1, 0.15) is 52.6 Å². The number of aliphatic hydroxyl groups is 4. The first-order valence-electron chi connectivity index (χ1n) is 9.22. The fourth-order valence-corrected chi connectivity index (χ4v) is 3.37. The molecule has 0 saturated carbocycles. The maximum Gasteiger partial charge on any atom is 0.229 e. The van der Waals surface area contributed by atoms with Gasteiger partial charge in [0.2, 0.25) is 6.29 Å². The van der Waals surface area contributed by atoms with Crippen molar-refractivity contribution in [1.82, 2.24) is 0 Å². The molecule has 0 radical (unpaired) electrons. The molecule has 0 bridgehead atoms. The molecule has 1 fully saturated rings. The van der Waals surface area contributed by atoms with Crippen molar-refractivity contribution < 1.29 is 39.4 Å². The van der Waals surface area contributed by atoms with Crippen molar-refractivity contribution in [3.05, 3.63) is 58.8 Å². The minimum Gasteiger partial charge on any atom is -0.508 e. The van der Waals surface area contributed by atoms with Gasteiger partial charge in [0.25, 0.3) is 0 Å². The van der Waals surface area contributed by atoms with Crippen LogP contribution in [0.15, 0.2) is 57.7 Å². The van der Waals surface area contributed by atoms with E-state index in [1.54, 1.807) is 24.3 Å². The summed E-state index contributed by atoms with van der Waals surface area (Å²) >= 11 is 0. The Bertz CT molecular complexity index is 1090. The van der Waals surface area contributed by atoms with Crippen molar-refractivity contribution in [2.24, 2.45) is 0 Å². The summed E-state index contributed by atoms with van der Waals surface area (Å²) in [7, 11) is 0. The van der Waals surface area contributed by atoms with Gasteiger partial charge in [-0.25, -0.2) is 0 Å². The summed E-state index contributed by atoms with van der Waals surface area (Å²) in [5, 5.41) is 49.4. The Hall–Kier alpha value is -2.95. The van der Waals surface area contributed by atoms with E-state index in [1.807, 2.05) is 6.07 Å². The molecular weight excluding hydrogens is 396 g/mol. The average molecular weight is 416 g/mol. The fraction of sp³-hybridized carbons (Fsp3) is 0.286. The van der Waals surface area contributed by atoms with Crippen LogP contribution in [0.4, 0.5) is 0 Å². The second kappa shape index (κ2) is 8.05. The van der Waals surface area contributed by atoms with Gasteiger partial charge in [0, 0.05) is 23.8 Å². The van der Waals surface area contributed by atoms with E-state index in [1.165, 1.54) is 12.1 Å². The molecular formula is C21H20O9. The number of aromatic hydroxyl groups is 1. The number of phenolic OH excluding ortho intramolecular Hbond substituents is 1. The largest absolute Gasteiger partial charge is 0.508 e. The summed E-state index contributed by atoms with van der Waals surface area (Å²) in [6, 6.07) is 12.6. The van der Waals surface area contributed by atoms with Crippen LogP contribution < -0.4 is 10.2 Å². The lowest BCUT2D eigenvalue weighted by Crippen LogP contribution is -2.60. The molecule has 2 unspecified atom stereocenters. The first-order valence-corrected chi connectivity index (χ1v) is 9.22. The second-order valence-corrected chi connectivity index (χ2v) is 6.97. The minimum absolute atomic E-state index is 0.00978. The maximum absolute atomic E-state index is 12.8. The first kappa shape index (κ1) is 20.3. The van der Waals surface area contributed by atoms with Crippen LogP contribution in [-0.4, -0.2) is 62.8 Å². The van der Waals surface area contributed by atoms with Crippen molar-refractivity contribution in [1.29, 1.82) is 0 Å². The number of aliphatic hydroxyl groups excluding tert-OH is 4. The van der Waals surface area contributed by atoms with Crippen LogP contribution in [0.25, 0.3) is 22.3 Å². The predicted octanol–water partition coefficient (Wildman–Crippen LogP) is 0.344. The van der Waals surface area contributed by atoms with E-state index in [-0.39, 0.29) is 28.2 Å². The van der Waals surface area contributed by atoms with Crippen LogP contribution in [0.3, 0.4) is 0 Å². The molecule has 4 rings (SSSR count). The SMILES string of the molecule is O=c1cc(-c2ccccc2)oc2cc(O)cc(O[C@@H]3OC(CO)[C@@H](O)[C@H](O)C3O)c12. The zero-order valence-electron chi connectivity index (χ0n) is 15.6. The third-order valence-corrected chi connectivity index (χ3v) is 4.93. The van der Waals surface area contributed by atoms with Crippen LogP contribution in [-0.2, 0) is 4.74 Å². The molecule has 1 aromatic heterocycles. The Morgan fingerprint density at radius 2 is 1.70 bits per heavy atom. The number of phenols is 1. The number of benzene rings is 2. The Kier molecular flexibility index (Phi) is 5.46. The molecule has 2 heterocycles. The van der Waals surface area contributed by atoms with E-state index in [4.69, 9.17) is 13.9 Å². The highest BCUT2D eigenvalue weighted by Crippen LogP contribution is 2.33. The van der Waals surface area contributed by atoms with E-state index in [0.29, 0.717) is 5.56 Å². The zero-order chi connectivity index (χ0) is 21.4. The van der Waals surface area contributed by atoms with Crippen LogP contribution in [0.2, 0.25) is 0 Å². The summed E-state index contributed by atoms with van der Waals surface area (Å²) in [4.78, 5) is 12.8. The number of hydrogen-bond donors (Lipinski definition) is 5. The first-order chi connectivity index (χ1) is 14.4. The maximum atomic E-state index is 12.8. The molecule has 1 aliphatic heterocycles.